The molecule has 0 N–H and O–H groups in total. The Hall–Kier alpha value is -2.84. The van der Waals surface area contributed by atoms with Gasteiger partial charge in [-0.05, 0) is 13.8 Å². The van der Waals surface area contributed by atoms with Crippen molar-refractivity contribution in [2.75, 3.05) is 26.9 Å². The summed E-state index contributed by atoms with van der Waals surface area (Å²) in [5.74, 6) is -1.52. The van der Waals surface area contributed by atoms with E-state index in [2.05, 4.69) is 4.74 Å². The fourth-order valence-electron chi connectivity index (χ4n) is 1.70. The second kappa shape index (κ2) is 8.57. The lowest BCUT2D eigenvalue weighted by molar-refractivity contribution is -0.385. The molecule has 126 valence electrons. The van der Waals surface area contributed by atoms with E-state index in [0.29, 0.717) is 0 Å². The van der Waals surface area contributed by atoms with E-state index in [9.17, 15) is 19.7 Å². The molecule has 9 nitrogen and oxygen atoms in total. The van der Waals surface area contributed by atoms with Crippen LogP contribution < -0.4 is 9.47 Å². The Bertz CT molecular complexity index is 599. The van der Waals surface area contributed by atoms with Gasteiger partial charge in [-0.15, -0.1) is 0 Å². The van der Waals surface area contributed by atoms with Gasteiger partial charge in [0.15, 0.2) is 18.1 Å². The number of rotatable bonds is 8. The molecule has 9 heteroatoms. The van der Waals surface area contributed by atoms with Crippen molar-refractivity contribution in [1.29, 1.82) is 0 Å². The lowest BCUT2D eigenvalue weighted by atomic mass is 10.1. The number of nitro groups is 1. The standard InChI is InChI=1S/C14H17NO8/c1-4-21-12-7-10(15(18)19)9(6-11(12)20-3)14(17)23-8-13(16)22-5-2/h6-7H,4-5,8H2,1-3H3. The highest BCUT2D eigenvalue weighted by molar-refractivity contribution is 5.96. The average Bonchev–Trinajstić information content (AvgIpc) is 2.52. The van der Waals surface area contributed by atoms with Crippen LogP contribution in [0.4, 0.5) is 5.69 Å². The Kier molecular flexibility index (Phi) is 6.78. The first kappa shape index (κ1) is 18.2. The van der Waals surface area contributed by atoms with Gasteiger partial charge < -0.3 is 18.9 Å². The number of ether oxygens (including phenoxy) is 4. The minimum Gasteiger partial charge on any atom is -0.493 e. The number of hydrogen-bond donors (Lipinski definition) is 0. The molecule has 0 unspecified atom stereocenters. The van der Waals surface area contributed by atoms with Crippen molar-refractivity contribution in [3.63, 3.8) is 0 Å². The first-order valence-corrected chi connectivity index (χ1v) is 6.76. The summed E-state index contributed by atoms with van der Waals surface area (Å²) in [6, 6.07) is 2.21. The molecule has 1 aromatic carbocycles. The van der Waals surface area contributed by atoms with Crippen LogP contribution in [0.2, 0.25) is 0 Å². The second-order valence-corrected chi connectivity index (χ2v) is 4.09. The van der Waals surface area contributed by atoms with Gasteiger partial charge in [-0.3, -0.25) is 10.1 Å². The van der Waals surface area contributed by atoms with Crippen LogP contribution >= 0.6 is 0 Å². The largest absolute Gasteiger partial charge is 0.493 e. The fraction of sp³-hybridized carbons (Fsp3) is 0.429. The van der Waals surface area contributed by atoms with Gasteiger partial charge in [-0.25, -0.2) is 9.59 Å². The van der Waals surface area contributed by atoms with E-state index in [0.717, 1.165) is 12.1 Å². The minimum atomic E-state index is -1.04. The fourth-order valence-corrected chi connectivity index (χ4v) is 1.70. The molecule has 0 aliphatic carbocycles. The molecule has 0 amide bonds. The minimum absolute atomic E-state index is 0.128. The predicted molar refractivity (Wildman–Crippen MR) is 77.7 cm³/mol. The SMILES string of the molecule is CCOC(=O)COC(=O)c1cc(OC)c(OCC)cc1[N+](=O)[O-]. The summed E-state index contributed by atoms with van der Waals surface area (Å²) < 4.78 is 19.6. The molecule has 1 aromatic rings. The van der Waals surface area contributed by atoms with Gasteiger partial charge in [0.2, 0.25) is 0 Å². The van der Waals surface area contributed by atoms with E-state index in [1.807, 2.05) is 0 Å². The van der Waals surface area contributed by atoms with Crippen LogP contribution in [0, 0.1) is 10.1 Å². The van der Waals surface area contributed by atoms with Crippen LogP contribution in [0.3, 0.4) is 0 Å². The van der Waals surface area contributed by atoms with E-state index >= 15 is 0 Å². The van der Waals surface area contributed by atoms with Gasteiger partial charge >= 0.3 is 11.9 Å². The number of nitro benzene ring substituents is 1. The van der Waals surface area contributed by atoms with Crippen LogP contribution in [0.15, 0.2) is 12.1 Å². The summed E-state index contributed by atoms with van der Waals surface area (Å²) in [5, 5.41) is 11.1. The highest BCUT2D eigenvalue weighted by atomic mass is 16.6. The van der Waals surface area contributed by atoms with E-state index < -0.39 is 29.2 Å². The molecule has 0 aromatic heterocycles. The zero-order valence-corrected chi connectivity index (χ0v) is 13.0. The Balaban J connectivity index is 3.10. The maximum atomic E-state index is 12.0. The zero-order valence-electron chi connectivity index (χ0n) is 13.0. The summed E-state index contributed by atoms with van der Waals surface area (Å²) in [5.41, 5.74) is -0.859. The van der Waals surface area contributed by atoms with Crippen molar-refractivity contribution in [1.82, 2.24) is 0 Å². The zero-order chi connectivity index (χ0) is 17.4. The van der Waals surface area contributed by atoms with Gasteiger partial charge in [-0.1, -0.05) is 0 Å². The van der Waals surface area contributed by atoms with Gasteiger partial charge in [0.05, 0.1) is 31.3 Å². The number of esters is 2. The van der Waals surface area contributed by atoms with Gasteiger partial charge in [0.25, 0.3) is 5.69 Å². The molecule has 0 heterocycles. The number of carbonyl (C=O) groups excluding carboxylic acids is 2. The van der Waals surface area contributed by atoms with E-state index in [1.54, 1.807) is 13.8 Å². The number of methoxy groups -OCH3 is 1. The number of hydrogen-bond acceptors (Lipinski definition) is 8. The summed E-state index contributed by atoms with van der Waals surface area (Å²) in [6.07, 6.45) is 0. The molecular formula is C14H17NO8. The highest BCUT2D eigenvalue weighted by Gasteiger charge is 2.26. The van der Waals surface area contributed by atoms with Crippen LogP contribution in [-0.2, 0) is 14.3 Å². The quantitative estimate of drug-likeness (QED) is 0.403. The lowest BCUT2D eigenvalue weighted by Gasteiger charge is -2.11. The third-order valence-electron chi connectivity index (χ3n) is 2.62. The number of carbonyl (C=O) groups is 2. The molecule has 0 aliphatic rings. The van der Waals surface area contributed by atoms with Crippen LogP contribution in [0.25, 0.3) is 0 Å². The van der Waals surface area contributed by atoms with Crippen molar-refractivity contribution in [2.24, 2.45) is 0 Å². The molecule has 0 saturated heterocycles. The van der Waals surface area contributed by atoms with Gasteiger partial charge in [0, 0.05) is 6.07 Å². The Labute approximate surface area is 132 Å². The summed E-state index contributed by atoms with van der Waals surface area (Å²) in [4.78, 5) is 33.6. The van der Waals surface area contributed by atoms with Gasteiger partial charge in [-0.2, -0.15) is 0 Å². The molecule has 0 aliphatic heterocycles. The van der Waals surface area contributed by atoms with Crippen molar-refractivity contribution in [3.05, 3.63) is 27.8 Å². The van der Waals surface area contributed by atoms with E-state index in [-0.39, 0.29) is 30.3 Å². The molecule has 0 atom stereocenters. The highest BCUT2D eigenvalue weighted by Crippen LogP contribution is 2.35. The van der Waals surface area contributed by atoms with Crippen LogP contribution in [0.5, 0.6) is 11.5 Å². The number of benzene rings is 1. The molecule has 0 bridgehead atoms. The predicted octanol–water partition coefficient (Wildman–Crippen LogP) is 1.72. The molecular weight excluding hydrogens is 310 g/mol. The average molecular weight is 327 g/mol. The van der Waals surface area contributed by atoms with Crippen molar-refractivity contribution in [2.45, 2.75) is 13.8 Å². The maximum Gasteiger partial charge on any atom is 0.345 e. The van der Waals surface area contributed by atoms with Crippen LogP contribution in [-0.4, -0.2) is 43.8 Å². The van der Waals surface area contributed by atoms with Crippen molar-refractivity contribution in [3.8, 4) is 11.5 Å². The molecule has 0 fully saturated rings. The summed E-state index contributed by atoms with van der Waals surface area (Å²) in [7, 11) is 1.33. The third kappa shape index (κ3) is 4.83. The van der Waals surface area contributed by atoms with Gasteiger partial charge in [0.1, 0.15) is 5.56 Å². The molecule has 0 spiro atoms. The number of nitrogens with zero attached hydrogens (tertiary/aromatic N) is 1. The smallest absolute Gasteiger partial charge is 0.345 e. The van der Waals surface area contributed by atoms with E-state index in [4.69, 9.17) is 14.2 Å². The molecule has 23 heavy (non-hydrogen) atoms. The lowest BCUT2D eigenvalue weighted by Crippen LogP contribution is -2.17. The second-order valence-electron chi connectivity index (χ2n) is 4.09. The molecule has 0 saturated carbocycles. The Morgan fingerprint density at radius 1 is 1.13 bits per heavy atom. The monoisotopic (exact) mass is 327 g/mol. The third-order valence-corrected chi connectivity index (χ3v) is 2.62. The van der Waals surface area contributed by atoms with Crippen molar-refractivity contribution >= 4 is 17.6 Å². The first-order chi connectivity index (χ1) is 10.9. The van der Waals surface area contributed by atoms with Crippen LogP contribution in [0.1, 0.15) is 24.2 Å². The Morgan fingerprint density at radius 2 is 1.83 bits per heavy atom. The molecule has 1 rings (SSSR count). The topological polar surface area (TPSA) is 114 Å². The maximum absolute atomic E-state index is 12.0. The normalized spacial score (nSPS) is 9.87. The summed E-state index contributed by atoms with van der Waals surface area (Å²) >= 11 is 0. The van der Waals surface area contributed by atoms with E-state index in [1.165, 1.54) is 7.11 Å². The summed E-state index contributed by atoms with van der Waals surface area (Å²) in [6.45, 7) is 3.06. The van der Waals surface area contributed by atoms with Crippen molar-refractivity contribution < 1.29 is 33.5 Å². The molecule has 0 radical (unpaired) electrons. The first-order valence-electron chi connectivity index (χ1n) is 6.76. The Morgan fingerprint density at radius 3 is 2.35 bits per heavy atom.